The lowest BCUT2D eigenvalue weighted by atomic mass is 9.78. The molecule has 2 unspecified atom stereocenters. The number of rotatable bonds is 1. The van der Waals surface area contributed by atoms with Gasteiger partial charge in [0.15, 0.2) is 0 Å². The van der Waals surface area contributed by atoms with Gasteiger partial charge in [0.05, 0.1) is 23.7 Å². The molecule has 1 aliphatic heterocycles. The Bertz CT molecular complexity index is 950. The highest BCUT2D eigenvalue weighted by Gasteiger charge is 2.40. The molecule has 25 heavy (non-hydrogen) atoms. The molecule has 3 aromatic heterocycles. The van der Waals surface area contributed by atoms with Gasteiger partial charge in [-0.15, -0.1) is 0 Å². The number of piperidine rings is 1. The smallest absolute Gasteiger partial charge is 0.272 e. The van der Waals surface area contributed by atoms with E-state index >= 15 is 0 Å². The van der Waals surface area contributed by atoms with Crippen molar-refractivity contribution in [3.05, 3.63) is 54.0 Å². The zero-order valence-electron chi connectivity index (χ0n) is 13.9. The Morgan fingerprint density at radius 1 is 1.24 bits per heavy atom. The molecule has 1 saturated heterocycles. The molecule has 2 atom stereocenters. The molecule has 1 fully saturated rings. The van der Waals surface area contributed by atoms with Crippen LogP contribution in [0.2, 0.25) is 0 Å². The molecule has 0 bridgehead atoms. The van der Waals surface area contributed by atoms with E-state index in [1.807, 2.05) is 23.1 Å². The Kier molecular flexibility index (Phi) is 3.29. The quantitative estimate of drug-likeness (QED) is 0.743. The van der Waals surface area contributed by atoms with Crippen molar-refractivity contribution < 1.29 is 4.79 Å². The molecule has 126 valence electrons. The lowest BCUT2D eigenvalue weighted by molar-refractivity contribution is 0.0537. The van der Waals surface area contributed by atoms with Crippen molar-refractivity contribution in [3.63, 3.8) is 0 Å². The summed E-state index contributed by atoms with van der Waals surface area (Å²) >= 11 is 0. The molecule has 0 saturated carbocycles. The Labute approximate surface area is 145 Å². The molecule has 0 spiro atoms. The summed E-state index contributed by atoms with van der Waals surface area (Å²) in [5.74, 6) is 0.370. The number of hydrogen-bond acceptors (Lipinski definition) is 4. The van der Waals surface area contributed by atoms with Crippen molar-refractivity contribution >= 4 is 16.8 Å². The number of carbonyl (C=O) groups is 1. The van der Waals surface area contributed by atoms with Gasteiger partial charge in [0, 0.05) is 35.8 Å². The van der Waals surface area contributed by atoms with Crippen molar-refractivity contribution in [1.82, 2.24) is 24.8 Å². The Balaban J connectivity index is 1.48. The molecule has 3 aromatic rings. The average molecular weight is 333 g/mol. The number of carbonyl (C=O) groups excluding carboxylic acids is 1. The maximum Gasteiger partial charge on any atom is 0.272 e. The van der Waals surface area contributed by atoms with Gasteiger partial charge in [0.1, 0.15) is 5.69 Å². The number of imidazole rings is 1. The van der Waals surface area contributed by atoms with Crippen LogP contribution in [0, 0.1) is 0 Å². The fourth-order valence-electron chi connectivity index (χ4n) is 4.36. The van der Waals surface area contributed by atoms with Gasteiger partial charge in [0.25, 0.3) is 5.91 Å². The minimum atomic E-state index is 0.0273. The van der Waals surface area contributed by atoms with Crippen molar-refractivity contribution in [2.75, 3.05) is 6.54 Å². The Hall–Kier alpha value is -2.76. The fraction of sp³-hybridized carbons (Fsp3) is 0.368. The first-order valence-electron chi connectivity index (χ1n) is 8.85. The summed E-state index contributed by atoms with van der Waals surface area (Å²) in [6, 6.07) is 5.92. The van der Waals surface area contributed by atoms with Crippen LogP contribution in [0.5, 0.6) is 0 Å². The minimum absolute atomic E-state index is 0.0273. The van der Waals surface area contributed by atoms with E-state index in [-0.39, 0.29) is 11.9 Å². The Morgan fingerprint density at radius 2 is 2.20 bits per heavy atom. The number of H-pyrrole nitrogens is 1. The van der Waals surface area contributed by atoms with Crippen LogP contribution in [-0.2, 0) is 6.42 Å². The lowest BCUT2D eigenvalue weighted by Crippen LogP contribution is -2.49. The van der Waals surface area contributed by atoms with Gasteiger partial charge in [-0.1, -0.05) is 6.07 Å². The van der Waals surface area contributed by atoms with Crippen LogP contribution < -0.4 is 0 Å². The van der Waals surface area contributed by atoms with Crippen LogP contribution in [0.25, 0.3) is 10.9 Å². The van der Waals surface area contributed by atoms with E-state index in [9.17, 15) is 4.79 Å². The van der Waals surface area contributed by atoms with E-state index in [4.69, 9.17) is 0 Å². The number of amides is 1. The van der Waals surface area contributed by atoms with Crippen LogP contribution in [-0.4, -0.2) is 43.3 Å². The van der Waals surface area contributed by atoms with E-state index in [0.29, 0.717) is 11.6 Å². The third kappa shape index (κ3) is 2.32. The van der Waals surface area contributed by atoms with Crippen LogP contribution in [0.4, 0.5) is 0 Å². The summed E-state index contributed by atoms with van der Waals surface area (Å²) in [7, 11) is 0. The summed E-state index contributed by atoms with van der Waals surface area (Å²) in [5.41, 5.74) is 3.67. The van der Waals surface area contributed by atoms with E-state index in [1.54, 1.807) is 18.7 Å². The summed E-state index contributed by atoms with van der Waals surface area (Å²) in [5, 5.41) is 1.00. The molecule has 1 amide bonds. The number of aromatic amines is 1. The predicted molar refractivity (Wildman–Crippen MR) is 93.2 cm³/mol. The second-order valence-electron chi connectivity index (χ2n) is 6.88. The van der Waals surface area contributed by atoms with E-state index in [0.717, 1.165) is 48.8 Å². The number of aromatic nitrogens is 4. The second-order valence-corrected chi connectivity index (χ2v) is 6.88. The number of pyridine rings is 2. The standard InChI is InChI=1S/C19H19N5O/c25-19(15-4-3-12-7-8-20-10-16(12)23-15)24-9-1-2-13-17(24)6-5-14-18(13)22-11-21-14/h3-4,7-8,10-11,13,17H,1-2,5-6,9H2,(H,21,22). The van der Waals surface area contributed by atoms with Gasteiger partial charge in [-0.25, -0.2) is 9.97 Å². The molecule has 0 aromatic carbocycles. The number of aryl methyl sites for hydroxylation is 1. The summed E-state index contributed by atoms with van der Waals surface area (Å²) in [6.45, 7) is 0.798. The normalized spacial score (nSPS) is 22.5. The molecule has 1 N–H and O–H groups in total. The SMILES string of the molecule is O=C(c1ccc2ccncc2n1)N1CCCC2c3nc[nH]c3CCC21. The molecule has 5 rings (SSSR count). The van der Waals surface area contributed by atoms with E-state index in [2.05, 4.69) is 19.9 Å². The number of likely N-dealkylation sites (tertiary alicyclic amines) is 1. The van der Waals surface area contributed by atoms with Crippen LogP contribution >= 0.6 is 0 Å². The largest absolute Gasteiger partial charge is 0.348 e. The van der Waals surface area contributed by atoms with Gasteiger partial charge in [0.2, 0.25) is 0 Å². The minimum Gasteiger partial charge on any atom is -0.348 e. The highest BCUT2D eigenvalue weighted by Crippen LogP contribution is 2.39. The average Bonchev–Trinajstić information content (AvgIpc) is 3.16. The molecule has 4 heterocycles. The molecular weight excluding hydrogens is 314 g/mol. The van der Waals surface area contributed by atoms with Crippen molar-refractivity contribution in [2.45, 2.75) is 37.6 Å². The van der Waals surface area contributed by atoms with E-state index in [1.165, 1.54) is 5.69 Å². The van der Waals surface area contributed by atoms with Crippen molar-refractivity contribution in [2.24, 2.45) is 0 Å². The summed E-state index contributed by atoms with van der Waals surface area (Å²) in [6.07, 6.45) is 9.28. The van der Waals surface area contributed by atoms with Crippen LogP contribution in [0.15, 0.2) is 36.9 Å². The molecule has 2 aliphatic rings. The summed E-state index contributed by atoms with van der Waals surface area (Å²) < 4.78 is 0. The third-order valence-corrected chi connectivity index (χ3v) is 5.55. The summed E-state index contributed by atoms with van der Waals surface area (Å²) in [4.78, 5) is 31.6. The second kappa shape index (κ2) is 5.65. The number of fused-ring (bicyclic) bond motifs is 4. The monoisotopic (exact) mass is 333 g/mol. The number of hydrogen-bond donors (Lipinski definition) is 1. The molecular formula is C19H19N5O. The third-order valence-electron chi connectivity index (χ3n) is 5.55. The maximum absolute atomic E-state index is 13.2. The first-order chi connectivity index (χ1) is 12.3. The van der Waals surface area contributed by atoms with E-state index < -0.39 is 0 Å². The first kappa shape index (κ1) is 14.6. The van der Waals surface area contributed by atoms with Gasteiger partial charge >= 0.3 is 0 Å². The zero-order chi connectivity index (χ0) is 16.8. The number of nitrogens with one attached hydrogen (secondary N) is 1. The molecule has 6 nitrogen and oxygen atoms in total. The highest BCUT2D eigenvalue weighted by atomic mass is 16.2. The number of nitrogens with zero attached hydrogens (tertiary/aromatic N) is 4. The maximum atomic E-state index is 13.2. The van der Waals surface area contributed by atoms with Crippen molar-refractivity contribution in [3.8, 4) is 0 Å². The van der Waals surface area contributed by atoms with Gasteiger partial charge in [-0.05, 0) is 37.8 Å². The van der Waals surface area contributed by atoms with Crippen LogP contribution in [0.1, 0.15) is 47.1 Å². The Morgan fingerprint density at radius 3 is 3.16 bits per heavy atom. The predicted octanol–water partition coefficient (Wildman–Crippen LogP) is 2.69. The molecule has 6 heteroatoms. The zero-order valence-corrected chi connectivity index (χ0v) is 13.9. The molecule has 1 aliphatic carbocycles. The lowest BCUT2D eigenvalue weighted by Gasteiger charge is -2.43. The molecule has 0 radical (unpaired) electrons. The van der Waals surface area contributed by atoms with Crippen LogP contribution in [0.3, 0.4) is 0 Å². The van der Waals surface area contributed by atoms with Gasteiger partial charge < -0.3 is 9.88 Å². The van der Waals surface area contributed by atoms with Crippen molar-refractivity contribution in [1.29, 1.82) is 0 Å². The topological polar surface area (TPSA) is 74.8 Å². The fourth-order valence-corrected chi connectivity index (χ4v) is 4.36. The highest BCUT2D eigenvalue weighted by molar-refractivity contribution is 5.95. The van der Waals surface area contributed by atoms with Gasteiger partial charge in [-0.3, -0.25) is 9.78 Å². The van der Waals surface area contributed by atoms with Gasteiger partial charge in [-0.2, -0.15) is 0 Å². The first-order valence-corrected chi connectivity index (χ1v) is 8.85.